The van der Waals surface area contributed by atoms with Crippen molar-refractivity contribution in [1.29, 1.82) is 0 Å². The van der Waals surface area contributed by atoms with Crippen LogP contribution in [0, 0.1) is 5.92 Å². The number of aromatic hydroxyl groups is 1. The van der Waals surface area contributed by atoms with Gasteiger partial charge in [0.1, 0.15) is 23.9 Å². The van der Waals surface area contributed by atoms with Crippen LogP contribution in [0.5, 0.6) is 5.75 Å². The molecule has 1 aromatic carbocycles. The molecule has 1 rings (SSSR count). The predicted molar refractivity (Wildman–Crippen MR) is 121 cm³/mol. The third-order valence-corrected chi connectivity index (χ3v) is 4.93. The van der Waals surface area contributed by atoms with E-state index in [1.54, 1.807) is 26.0 Å². The van der Waals surface area contributed by atoms with E-state index in [-0.39, 0.29) is 24.5 Å². The highest BCUT2D eigenvalue weighted by Crippen LogP contribution is 2.12. The lowest BCUT2D eigenvalue weighted by Crippen LogP contribution is -2.59. The summed E-state index contributed by atoms with van der Waals surface area (Å²) < 4.78 is 0. The van der Waals surface area contributed by atoms with Crippen LogP contribution in [-0.2, 0) is 25.6 Å². The number of hydrogen-bond acceptors (Lipinski definition) is 8. The van der Waals surface area contributed by atoms with Gasteiger partial charge in [0.2, 0.25) is 17.7 Å². The number of amides is 3. The van der Waals surface area contributed by atoms with Crippen LogP contribution in [0.15, 0.2) is 24.3 Å². The van der Waals surface area contributed by atoms with Crippen molar-refractivity contribution in [3.05, 3.63) is 29.8 Å². The monoisotopic (exact) mass is 482 g/mol. The fourth-order valence-corrected chi connectivity index (χ4v) is 3.06. The minimum Gasteiger partial charge on any atom is -0.508 e. The van der Waals surface area contributed by atoms with Gasteiger partial charge in [0, 0.05) is 6.42 Å². The summed E-state index contributed by atoms with van der Waals surface area (Å²) >= 11 is 0. The summed E-state index contributed by atoms with van der Waals surface area (Å²) in [5.74, 6) is -3.83. The molecule has 5 unspecified atom stereocenters. The molecule has 12 heteroatoms. The Morgan fingerprint density at radius 3 is 1.91 bits per heavy atom. The lowest BCUT2D eigenvalue weighted by atomic mass is 10.00. The van der Waals surface area contributed by atoms with E-state index >= 15 is 0 Å². The molecule has 0 saturated carbocycles. The van der Waals surface area contributed by atoms with E-state index in [4.69, 9.17) is 10.8 Å². The Morgan fingerprint density at radius 2 is 1.44 bits per heavy atom. The van der Waals surface area contributed by atoms with Crippen molar-refractivity contribution in [2.75, 3.05) is 6.61 Å². The minimum atomic E-state index is -1.57. The molecule has 5 atom stereocenters. The molecule has 9 N–H and O–H groups in total. The van der Waals surface area contributed by atoms with Crippen molar-refractivity contribution >= 4 is 23.7 Å². The van der Waals surface area contributed by atoms with Gasteiger partial charge in [0.15, 0.2) is 6.04 Å². The molecule has 1 aromatic rings. The van der Waals surface area contributed by atoms with Crippen LogP contribution in [0.1, 0.15) is 32.8 Å². The molecule has 12 nitrogen and oxygen atoms in total. The number of hydrogen-bond donors (Lipinski definition) is 8. The lowest BCUT2D eigenvalue weighted by Gasteiger charge is -2.26. The molecule has 3 amide bonds. The molecule has 34 heavy (non-hydrogen) atoms. The van der Waals surface area contributed by atoms with Crippen molar-refractivity contribution in [2.45, 2.75) is 63.9 Å². The smallest absolute Gasteiger partial charge is 0.328 e. The number of aliphatic hydroxyl groups excluding tert-OH is 2. The van der Waals surface area contributed by atoms with E-state index in [1.807, 2.05) is 0 Å². The topological polar surface area (TPSA) is 211 Å². The first kappa shape index (κ1) is 28.8. The molecule has 0 spiro atoms. The molecule has 0 bridgehead atoms. The van der Waals surface area contributed by atoms with Gasteiger partial charge < -0.3 is 42.1 Å². The summed E-state index contributed by atoms with van der Waals surface area (Å²) in [5.41, 5.74) is 6.12. The highest BCUT2D eigenvalue weighted by molar-refractivity contribution is 5.94. The molecular formula is C22H34N4O8. The molecule has 0 saturated heterocycles. The Labute approximate surface area is 197 Å². The number of aliphatic hydroxyl groups is 2. The number of phenolic OH excluding ortho intramolecular Hbond substituents is 1. The van der Waals surface area contributed by atoms with Gasteiger partial charge in [0.25, 0.3) is 0 Å². The number of nitrogens with two attached hydrogens (primary N) is 1. The predicted octanol–water partition coefficient (Wildman–Crippen LogP) is -1.78. The zero-order valence-corrected chi connectivity index (χ0v) is 19.4. The van der Waals surface area contributed by atoms with Crippen molar-refractivity contribution in [2.24, 2.45) is 11.7 Å². The molecule has 0 heterocycles. The molecule has 0 aliphatic rings. The zero-order chi connectivity index (χ0) is 26.0. The molecule has 0 aliphatic carbocycles. The van der Waals surface area contributed by atoms with Crippen molar-refractivity contribution in [1.82, 2.24) is 16.0 Å². The first-order chi connectivity index (χ1) is 15.8. The summed E-state index contributed by atoms with van der Waals surface area (Å²) in [4.78, 5) is 49.4. The van der Waals surface area contributed by atoms with Gasteiger partial charge in [0.05, 0.1) is 12.7 Å². The third-order valence-electron chi connectivity index (χ3n) is 4.93. The summed E-state index contributed by atoms with van der Waals surface area (Å²) in [6.45, 7) is 4.16. The Hall–Kier alpha value is -3.22. The van der Waals surface area contributed by atoms with Gasteiger partial charge >= 0.3 is 5.97 Å². The second kappa shape index (κ2) is 13.5. The van der Waals surface area contributed by atoms with E-state index in [0.717, 1.165) is 0 Å². The second-order valence-electron chi connectivity index (χ2n) is 8.48. The summed E-state index contributed by atoms with van der Waals surface area (Å²) in [6.07, 6.45) is -1.24. The first-order valence-electron chi connectivity index (χ1n) is 10.8. The SMILES string of the molecule is CC(C)CC(NC(=O)C(Cc1ccc(O)cc1)NC(=O)C(N)CO)C(=O)NC(C(=O)O)C(C)O. The van der Waals surface area contributed by atoms with Crippen LogP contribution in [0.3, 0.4) is 0 Å². The first-order valence-corrected chi connectivity index (χ1v) is 10.8. The number of aliphatic carboxylic acids is 1. The van der Waals surface area contributed by atoms with E-state index in [1.165, 1.54) is 19.1 Å². The summed E-state index contributed by atoms with van der Waals surface area (Å²) in [7, 11) is 0. The molecule has 0 radical (unpaired) electrons. The minimum absolute atomic E-state index is 0.0101. The number of benzene rings is 1. The van der Waals surface area contributed by atoms with Crippen LogP contribution >= 0.6 is 0 Å². The average molecular weight is 483 g/mol. The largest absolute Gasteiger partial charge is 0.508 e. The van der Waals surface area contributed by atoms with E-state index < -0.39 is 60.6 Å². The van der Waals surface area contributed by atoms with E-state index in [0.29, 0.717) is 5.56 Å². The standard InChI is InChI=1S/C22H34N4O8/c1-11(2)8-16(21(32)26-18(12(3)28)22(33)34)25-20(31)17(24-19(30)15(23)10-27)9-13-4-6-14(29)7-5-13/h4-7,11-12,15-18,27-29H,8-10,23H2,1-3H3,(H,24,30)(H,25,31)(H,26,32)(H,33,34). The van der Waals surface area contributed by atoms with Crippen LogP contribution < -0.4 is 21.7 Å². The van der Waals surface area contributed by atoms with E-state index in [9.17, 15) is 34.5 Å². The van der Waals surface area contributed by atoms with Crippen molar-refractivity contribution in [3.63, 3.8) is 0 Å². The van der Waals surface area contributed by atoms with Crippen molar-refractivity contribution in [3.8, 4) is 5.75 Å². The number of carboxylic acids is 1. The number of rotatable bonds is 13. The lowest BCUT2D eigenvalue weighted by molar-refractivity contribution is -0.145. The van der Waals surface area contributed by atoms with Gasteiger partial charge in [-0.25, -0.2) is 4.79 Å². The van der Waals surface area contributed by atoms with Gasteiger partial charge in [-0.1, -0.05) is 26.0 Å². The zero-order valence-electron chi connectivity index (χ0n) is 19.4. The highest BCUT2D eigenvalue weighted by Gasteiger charge is 2.32. The number of carbonyl (C=O) groups is 4. The van der Waals surface area contributed by atoms with Crippen molar-refractivity contribution < 1.29 is 39.6 Å². The third kappa shape index (κ3) is 9.33. The van der Waals surface area contributed by atoms with Crippen LogP contribution in [0.2, 0.25) is 0 Å². The van der Waals surface area contributed by atoms with Crippen LogP contribution in [-0.4, -0.2) is 81.0 Å². The molecular weight excluding hydrogens is 448 g/mol. The fraction of sp³-hybridized carbons (Fsp3) is 0.545. The average Bonchev–Trinajstić information content (AvgIpc) is 2.76. The second-order valence-corrected chi connectivity index (χ2v) is 8.48. The van der Waals surface area contributed by atoms with Gasteiger partial charge in [-0.15, -0.1) is 0 Å². The number of nitrogens with one attached hydrogen (secondary N) is 3. The maximum absolute atomic E-state index is 13.1. The maximum Gasteiger partial charge on any atom is 0.328 e. The number of carbonyl (C=O) groups excluding carboxylic acids is 3. The molecule has 190 valence electrons. The Kier molecular flexibility index (Phi) is 11.4. The molecule has 0 fully saturated rings. The molecule has 0 aliphatic heterocycles. The van der Waals surface area contributed by atoms with Gasteiger partial charge in [-0.2, -0.15) is 0 Å². The highest BCUT2D eigenvalue weighted by atomic mass is 16.4. The van der Waals surface area contributed by atoms with Gasteiger partial charge in [-0.05, 0) is 37.0 Å². The van der Waals surface area contributed by atoms with Crippen LogP contribution in [0.25, 0.3) is 0 Å². The Balaban J connectivity index is 3.11. The fourth-order valence-electron chi connectivity index (χ4n) is 3.06. The van der Waals surface area contributed by atoms with Gasteiger partial charge in [-0.3, -0.25) is 14.4 Å². The van der Waals surface area contributed by atoms with Crippen LogP contribution in [0.4, 0.5) is 0 Å². The molecule has 0 aromatic heterocycles. The number of phenols is 1. The van der Waals surface area contributed by atoms with E-state index in [2.05, 4.69) is 16.0 Å². The Morgan fingerprint density at radius 1 is 0.912 bits per heavy atom. The normalized spacial score (nSPS) is 15.5. The quantitative estimate of drug-likeness (QED) is 0.159. The summed E-state index contributed by atoms with van der Waals surface area (Å²) in [6, 6.07) is 0.716. The Bertz CT molecular complexity index is 844. The maximum atomic E-state index is 13.1. The summed E-state index contributed by atoms with van der Waals surface area (Å²) in [5, 5.41) is 44.7. The number of carboxylic acid groups (broad SMARTS) is 1.